The van der Waals surface area contributed by atoms with Gasteiger partial charge in [0.1, 0.15) is 11.7 Å². The Bertz CT molecular complexity index is 2290. The minimum atomic E-state index is -4.24. The molecule has 4 heterocycles. The number of imidazole rings is 1. The average Bonchev–Trinajstić information content (AvgIpc) is 3.73. The van der Waals surface area contributed by atoms with Crippen LogP contribution in [0.15, 0.2) is 59.7 Å². The predicted molar refractivity (Wildman–Crippen MR) is 226 cm³/mol. The van der Waals surface area contributed by atoms with Crippen molar-refractivity contribution >= 4 is 39.8 Å². The van der Waals surface area contributed by atoms with Gasteiger partial charge in [-0.15, -0.1) is 0 Å². The van der Waals surface area contributed by atoms with Crippen LogP contribution in [0.5, 0.6) is 0 Å². The molecule has 0 unspecified atom stereocenters. The zero-order chi connectivity index (χ0) is 42.1. The van der Waals surface area contributed by atoms with Crippen LogP contribution in [0.3, 0.4) is 0 Å². The number of unbranched alkanes of at least 4 members (excludes halogenated alkanes) is 1. The third-order valence-electron chi connectivity index (χ3n) is 11.6. The molecule has 0 bridgehead atoms. The highest BCUT2D eigenvalue weighted by Crippen LogP contribution is 2.37. The van der Waals surface area contributed by atoms with E-state index in [2.05, 4.69) is 61.3 Å². The molecule has 2 fully saturated rings. The van der Waals surface area contributed by atoms with E-state index in [-0.39, 0.29) is 30.5 Å². The van der Waals surface area contributed by atoms with Gasteiger partial charge >= 0.3 is 11.9 Å². The van der Waals surface area contributed by atoms with Gasteiger partial charge in [-0.05, 0) is 80.3 Å². The summed E-state index contributed by atoms with van der Waals surface area (Å²) in [5.41, 5.74) is 6.30. The minimum absolute atomic E-state index is 0.214. The fourth-order valence-corrected chi connectivity index (χ4v) is 8.36. The molecule has 1 saturated heterocycles. The monoisotopic (exact) mass is 831 g/mol. The molecule has 5 aromatic rings. The Balaban J connectivity index is 0.780. The second-order valence-electron chi connectivity index (χ2n) is 16.0. The van der Waals surface area contributed by atoms with Crippen LogP contribution < -0.4 is 27.0 Å². The van der Waals surface area contributed by atoms with Crippen LogP contribution in [0, 0.1) is 0 Å². The standard InChI is InChI=1S/C44H56F3N9O4/c1-54-38-26-30(13-16-36(38)56(43(54)59)37-17-18-39(57)52-41(37)58)8-7-25-60-24-6-5-20-48-22-23-49-27-31-11-14-32(15-12-31)35-29-55(33-9-3-2-4-10-33)40-34(35)28-51-42(53-40)50-21-19-44(45,46)47/h11-16,26,28-29,33,37,48-49H,2-10,17-25,27H2,1H3,(H,50,51,53)(H,52,57,58)/t37-/m0/s1. The summed E-state index contributed by atoms with van der Waals surface area (Å²) in [7, 11) is 1.71. The molecule has 2 aliphatic rings. The summed E-state index contributed by atoms with van der Waals surface area (Å²) in [6, 6.07) is 14.0. The molecule has 0 radical (unpaired) electrons. The fraction of sp³-hybridized carbons (Fsp3) is 0.523. The number of hydrogen-bond donors (Lipinski definition) is 4. The van der Waals surface area contributed by atoms with Crippen molar-refractivity contribution in [1.29, 1.82) is 0 Å². The Kier molecular flexibility index (Phi) is 14.3. The second kappa shape index (κ2) is 20.0. The van der Waals surface area contributed by atoms with E-state index in [4.69, 9.17) is 9.72 Å². The zero-order valence-corrected chi connectivity index (χ0v) is 34.3. The number of carbonyl (C=O) groups is 2. The zero-order valence-electron chi connectivity index (χ0n) is 34.3. The summed E-state index contributed by atoms with van der Waals surface area (Å²) in [4.78, 5) is 46.1. The number of ether oxygens (including phenoxy) is 1. The van der Waals surface area contributed by atoms with Crippen LogP contribution in [0.25, 0.3) is 33.2 Å². The van der Waals surface area contributed by atoms with Crippen LogP contribution in [-0.4, -0.2) is 81.1 Å². The second-order valence-corrected chi connectivity index (χ2v) is 16.0. The van der Waals surface area contributed by atoms with Crippen LogP contribution in [0.4, 0.5) is 19.1 Å². The van der Waals surface area contributed by atoms with E-state index in [1.807, 2.05) is 18.2 Å². The molecule has 2 aromatic carbocycles. The summed E-state index contributed by atoms with van der Waals surface area (Å²) in [6.07, 6.45) is 8.52. The number of amides is 2. The maximum absolute atomic E-state index is 13.0. The predicted octanol–water partition coefficient (Wildman–Crippen LogP) is 6.71. The lowest BCUT2D eigenvalue weighted by atomic mass is 9.95. The van der Waals surface area contributed by atoms with Crippen molar-refractivity contribution in [2.75, 3.05) is 44.7 Å². The van der Waals surface area contributed by atoms with Crippen molar-refractivity contribution in [3.05, 3.63) is 76.5 Å². The molecular weight excluding hydrogens is 776 g/mol. The molecule has 16 heteroatoms. The van der Waals surface area contributed by atoms with Crippen molar-refractivity contribution in [3.63, 3.8) is 0 Å². The van der Waals surface area contributed by atoms with Crippen LogP contribution in [0.1, 0.15) is 93.8 Å². The Hall–Kier alpha value is -5.06. The molecule has 1 aliphatic carbocycles. The summed E-state index contributed by atoms with van der Waals surface area (Å²) < 4.78 is 49.3. The molecule has 1 aliphatic heterocycles. The minimum Gasteiger partial charge on any atom is -0.381 e. The van der Waals surface area contributed by atoms with E-state index >= 15 is 0 Å². The molecule has 0 spiro atoms. The quantitative estimate of drug-likeness (QED) is 0.0497. The van der Waals surface area contributed by atoms with Crippen molar-refractivity contribution in [2.45, 2.75) is 102 Å². The van der Waals surface area contributed by atoms with E-state index in [0.29, 0.717) is 31.2 Å². The number of benzene rings is 2. The van der Waals surface area contributed by atoms with E-state index in [0.717, 1.165) is 111 Å². The lowest BCUT2D eigenvalue weighted by Gasteiger charge is -2.23. The Labute approximate surface area is 347 Å². The van der Waals surface area contributed by atoms with Crippen molar-refractivity contribution < 1.29 is 27.5 Å². The van der Waals surface area contributed by atoms with Gasteiger partial charge in [-0.1, -0.05) is 49.6 Å². The van der Waals surface area contributed by atoms with Gasteiger partial charge in [-0.3, -0.25) is 24.0 Å². The Morgan fingerprint density at radius 1 is 0.867 bits per heavy atom. The SMILES string of the molecule is Cn1c(=O)n([C@H]2CCC(=O)NC2=O)c2ccc(CCCOCCCCNCCNCc3ccc(-c4cn(C5CCCCC5)c5nc(NCCC(F)(F)F)ncc45)cc3)cc21. The molecular formula is C44H56F3N9O4. The molecule has 4 N–H and O–H groups in total. The molecule has 1 atom stereocenters. The molecule has 1 saturated carbocycles. The summed E-state index contributed by atoms with van der Waals surface area (Å²) in [5, 5.41) is 13.0. The highest BCUT2D eigenvalue weighted by molar-refractivity contribution is 6.00. The Morgan fingerprint density at radius 2 is 1.63 bits per heavy atom. The highest BCUT2D eigenvalue weighted by atomic mass is 19.4. The number of fused-ring (bicyclic) bond motifs is 2. The first kappa shape index (κ1) is 43.0. The van der Waals surface area contributed by atoms with Crippen LogP contribution in [0.2, 0.25) is 0 Å². The lowest BCUT2D eigenvalue weighted by molar-refractivity contribution is -0.136. The first-order valence-corrected chi connectivity index (χ1v) is 21.4. The number of anilines is 1. The van der Waals surface area contributed by atoms with Gasteiger partial charge in [-0.2, -0.15) is 18.2 Å². The first-order chi connectivity index (χ1) is 29.1. The van der Waals surface area contributed by atoms with Crippen molar-refractivity contribution in [3.8, 4) is 11.1 Å². The number of aryl methyl sites for hydroxylation is 2. The van der Waals surface area contributed by atoms with Gasteiger partial charge in [0, 0.05) is 82.2 Å². The van der Waals surface area contributed by atoms with Crippen molar-refractivity contribution in [1.82, 2.24) is 39.6 Å². The summed E-state index contributed by atoms with van der Waals surface area (Å²) in [6.45, 7) is 4.46. The number of hydrogen-bond acceptors (Lipinski definition) is 9. The summed E-state index contributed by atoms with van der Waals surface area (Å²) >= 11 is 0. The number of aromatic nitrogens is 5. The maximum atomic E-state index is 13.0. The van der Waals surface area contributed by atoms with Gasteiger partial charge < -0.3 is 25.3 Å². The molecule has 2 amide bonds. The average molecular weight is 832 g/mol. The van der Waals surface area contributed by atoms with E-state index in [9.17, 15) is 27.6 Å². The number of rotatable bonds is 20. The first-order valence-electron chi connectivity index (χ1n) is 21.4. The molecule has 60 heavy (non-hydrogen) atoms. The lowest BCUT2D eigenvalue weighted by Crippen LogP contribution is -2.44. The van der Waals surface area contributed by atoms with Gasteiger partial charge in [0.25, 0.3) is 0 Å². The third-order valence-corrected chi connectivity index (χ3v) is 11.6. The molecule has 13 nitrogen and oxygen atoms in total. The normalized spacial score (nSPS) is 16.6. The number of carbonyl (C=O) groups excluding carboxylic acids is 2. The smallest absolute Gasteiger partial charge is 0.381 e. The largest absolute Gasteiger partial charge is 0.390 e. The van der Waals surface area contributed by atoms with E-state index in [1.165, 1.54) is 16.6 Å². The third kappa shape index (κ3) is 10.8. The Morgan fingerprint density at radius 3 is 2.42 bits per heavy atom. The van der Waals surface area contributed by atoms with Gasteiger partial charge in [0.2, 0.25) is 17.8 Å². The number of halogens is 3. The van der Waals surface area contributed by atoms with Crippen molar-refractivity contribution in [2.24, 2.45) is 7.05 Å². The fourth-order valence-electron chi connectivity index (χ4n) is 8.36. The number of nitrogens with zero attached hydrogens (tertiary/aromatic N) is 5. The van der Waals surface area contributed by atoms with Crippen LogP contribution in [-0.2, 0) is 34.3 Å². The summed E-state index contributed by atoms with van der Waals surface area (Å²) in [5.74, 6) is -0.522. The molecule has 3 aromatic heterocycles. The molecule has 7 rings (SSSR count). The van der Waals surface area contributed by atoms with Crippen LogP contribution >= 0.6 is 0 Å². The number of imide groups is 1. The number of nitrogens with one attached hydrogen (secondary N) is 4. The number of piperidine rings is 1. The van der Waals surface area contributed by atoms with E-state index in [1.54, 1.807) is 17.8 Å². The highest BCUT2D eigenvalue weighted by Gasteiger charge is 2.31. The number of alkyl halides is 3. The molecule has 322 valence electrons. The van der Waals surface area contributed by atoms with Gasteiger partial charge in [0.15, 0.2) is 0 Å². The topological polar surface area (TPSA) is 149 Å². The van der Waals surface area contributed by atoms with Gasteiger partial charge in [0.05, 0.1) is 17.5 Å². The van der Waals surface area contributed by atoms with E-state index < -0.39 is 24.5 Å². The maximum Gasteiger partial charge on any atom is 0.390 e. The van der Waals surface area contributed by atoms with Gasteiger partial charge in [-0.25, -0.2) is 9.78 Å².